The number of rotatable bonds is 10. The molecule has 0 N–H and O–H groups in total. The van der Waals surface area contributed by atoms with Crippen molar-refractivity contribution in [3.8, 4) is 11.5 Å². The molecule has 2 rings (SSSR count). The first-order valence-corrected chi connectivity index (χ1v) is 14.2. The van der Waals surface area contributed by atoms with Crippen molar-refractivity contribution in [1.29, 1.82) is 0 Å². The largest absolute Gasteiger partial charge is 0.492 e. The number of hydrogen-bond acceptors (Lipinski definition) is 6. The van der Waals surface area contributed by atoms with Gasteiger partial charge in [-0.3, -0.25) is 0 Å². The Kier molecular flexibility index (Phi) is 8.29. The van der Waals surface area contributed by atoms with Gasteiger partial charge < -0.3 is 9.47 Å². The molecule has 0 aliphatic rings. The molecule has 0 fully saturated rings. The molecule has 0 spiro atoms. The zero-order chi connectivity index (χ0) is 22.7. The monoisotopic (exact) mass is 496 g/mol. The van der Waals surface area contributed by atoms with Gasteiger partial charge in [-0.25, -0.2) is 16.8 Å². The van der Waals surface area contributed by atoms with E-state index < -0.39 is 18.1 Å². The topological polar surface area (TPSA) is 86.7 Å². The van der Waals surface area contributed by atoms with Crippen molar-refractivity contribution in [2.24, 2.45) is 11.8 Å². The van der Waals surface area contributed by atoms with Crippen LogP contribution in [0.3, 0.4) is 0 Å². The summed E-state index contributed by atoms with van der Waals surface area (Å²) >= 11 is 0. The zero-order valence-electron chi connectivity index (χ0n) is 17.3. The van der Waals surface area contributed by atoms with Gasteiger partial charge in [-0.05, 0) is 59.7 Å². The van der Waals surface area contributed by atoms with Crippen LogP contribution in [0.15, 0.2) is 34.1 Å². The second kappa shape index (κ2) is 9.94. The van der Waals surface area contributed by atoms with Crippen molar-refractivity contribution in [2.45, 2.75) is 50.3 Å². The lowest BCUT2D eigenvalue weighted by atomic mass is 10.1. The van der Waals surface area contributed by atoms with Crippen molar-refractivity contribution >= 4 is 50.2 Å². The van der Waals surface area contributed by atoms with Crippen molar-refractivity contribution in [3.05, 3.63) is 24.3 Å². The highest BCUT2D eigenvalue weighted by molar-refractivity contribution is 8.14. The molecule has 30 heavy (non-hydrogen) atoms. The summed E-state index contributed by atoms with van der Waals surface area (Å²) in [7, 11) is 2.93. The van der Waals surface area contributed by atoms with E-state index in [1.165, 1.54) is 24.3 Å². The quantitative estimate of drug-likeness (QED) is 0.401. The van der Waals surface area contributed by atoms with E-state index in [2.05, 4.69) is 0 Å². The lowest BCUT2D eigenvalue weighted by Crippen LogP contribution is -2.06. The van der Waals surface area contributed by atoms with Gasteiger partial charge in [0.2, 0.25) is 0 Å². The second-order valence-corrected chi connectivity index (χ2v) is 13.0. The maximum atomic E-state index is 12.1. The Morgan fingerprint density at radius 2 is 1.03 bits per heavy atom. The fraction of sp³-hybridized carbons (Fsp3) is 0.500. The molecule has 0 aromatic heterocycles. The number of fused-ring (bicyclic) bond motifs is 1. The van der Waals surface area contributed by atoms with E-state index in [1.807, 2.05) is 27.7 Å². The molecule has 0 amide bonds. The van der Waals surface area contributed by atoms with Crippen LogP contribution >= 0.6 is 21.4 Å². The molecular weight excluding hydrogens is 471 g/mol. The van der Waals surface area contributed by atoms with Crippen LogP contribution in [-0.4, -0.2) is 30.0 Å². The summed E-state index contributed by atoms with van der Waals surface area (Å²) < 4.78 is 59.6. The standard InChI is InChI=1S/C20H26Cl2O6S2/c1-13(2)5-7-27-17-9-15-10-18(28-8-6-14(3)4)20(30(22,25)26)12-16(15)11-19(17)29(21,23)24/h9-14H,5-8H2,1-4H3. The van der Waals surface area contributed by atoms with E-state index in [-0.39, 0.29) is 21.3 Å². The fourth-order valence-corrected chi connectivity index (χ4v) is 4.66. The predicted molar refractivity (Wildman–Crippen MR) is 120 cm³/mol. The highest BCUT2D eigenvalue weighted by Gasteiger charge is 2.23. The maximum Gasteiger partial charge on any atom is 0.265 e. The fourth-order valence-electron chi connectivity index (χ4n) is 2.68. The van der Waals surface area contributed by atoms with Crippen molar-refractivity contribution in [1.82, 2.24) is 0 Å². The van der Waals surface area contributed by atoms with Gasteiger partial charge in [0.1, 0.15) is 21.3 Å². The molecular formula is C20H26Cl2O6S2. The van der Waals surface area contributed by atoms with Crippen LogP contribution in [0, 0.1) is 11.8 Å². The molecule has 0 saturated heterocycles. The number of benzene rings is 2. The molecule has 0 heterocycles. The van der Waals surface area contributed by atoms with Gasteiger partial charge in [-0.1, -0.05) is 27.7 Å². The summed E-state index contributed by atoms with van der Waals surface area (Å²) in [5.41, 5.74) is 0. The molecule has 2 aromatic carbocycles. The number of hydrogen-bond donors (Lipinski definition) is 0. The van der Waals surface area contributed by atoms with E-state index in [4.69, 9.17) is 30.8 Å². The highest BCUT2D eigenvalue weighted by Crippen LogP contribution is 2.37. The van der Waals surface area contributed by atoms with Gasteiger partial charge in [-0.2, -0.15) is 0 Å². The van der Waals surface area contributed by atoms with Crippen LogP contribution in [0.25, 0.3) is 10.8 Å². The summed E-state index contributed by atoms with van der Waals surface area (Å²) in [4.78, 5) is -0.460. The summed E-state index contributed by atoms with van der Waals surface area (Å²) in [5.74, 6) is 0.957. The normalized spacial score (nSPS) is 12.7. The molecule has 6 nitrogen and oxygen atoms in total. The zero-order valence-corrected chi connectivity index (χ0v) is 20.5. The summed E-state index contributed by atoms with van der Waals surface area (Å²) in [5, 5.41) is 0.878. The lowest BCUT2D eigenvalue weighted by Gasteiger charge is -2.15. The molecule has 0 aliphatic carbocycles. The molecule has 0 unspecified atom stereocenters. The summed E-state index contributed by atoms with van der Waals surface area (Å²) in [6.07, 6.45) is 1.46. The van der Waals surface area contributed by atoms with Gasteiger partial charge in [0.15, 0.2) is 0 Å². The average Bonchev–Trinajstić information content (AvgIpc) is 2.58. The first-order chi connectivity index (χ1) is 13.8. The van der Waals surface area contributed by atoms with E-state index in [9.17, 15) is 16.8 Å². The molecule has 0 saturated carbocycles. The SMILES string of the molecule is CC(C)CCOc1cc2cc(OCCC(C)C)c(S(=O)(=O)Cl)cc2cc1S(=O)(=O)Cl. The minimum absolute atomic E-state index is 0.104. The highest BCUT2D eigenvalue weighted by atomic mass is 35.7. The van der Waals surface area contributed by atoms with Crippen molar-refractivity contribution in [2.75, 3.05) is 13.2 Å². The Balaban J connectivity index is 2.60. The summed E-state index contributed by atoms with van der Waals surface area (Å²) in [6, 6.07) is 5.60. The van der Waals surface area contributed by atoms with Crippen LogP contribution < -0.4 is 9.47 Å². The van der Waals surface area contributed by atoms with E-state index in [0.717, 1.165) is 12.8 Å². The van der Waals surface area contributed by atoms with Gasteiger partial charge in [0.05, 0.1) is 13.2 Å². The number of ether oxygens (including phenoxy) is 2. The van der Waals surface area contributed by atoms with Crippen LogP contribution in [0.1, 0.15) is 40.5 Å². The van der Waals surface area contributed by atoms with E-state index in [1.54, 1.807) is 0 Å². The third kappa shape index (κ3) is 6.90. The first-order valence-electron chi connectivity index (χ1n) is 9.55. The molecule has 168 valence electrons. The van der Waals surface area contributed by atoms with Gasteiger partial charge in [-0.15, -0.1) is 0 Å². The van der Waals surface area contributed by atoms with Gasteiger partial charge in [0, 0.05) is 21.4 Å². The van der Waals surface area contributed by atoms with Crippen molar-refractivity contribution in [3.63, 3.8) is 0 Å². The van der Waals surface area contributed by atoms with Crippen LogP contribution in [0.5, 0.6) is 11.5 Å². The third-order valence-electron chi connectivity index (χ3n) is 4.40. The average molecular weight is 497 g/mol. The predicted octanol–water partition coefficient (Wildman–Crippen LogP) is 5.54. The molecule has 0 atom stereocenters. The molecule has 0 bridgehead atoms. The molecule has 0 aliphatic heterocycles. The molecule has 0 radical (unpaired) electrons. The second-order valence-electron chi connectivity index (χ2n) is 7.88. The minimum atomic E-state index is -4.12. The van der Waals surface area contributed by atoms with E-state index >= 15 is 0 Å². The Morgan fingerprint density at radius 3 is 1.33 bits per heavy atom. The number of halogens is 2. The Hall–Kier alpha value is -1.22. The van der Waals surface area contributed by atoms with Crippen LogP contribution in [-0.2, 0) is 18.1 Å². The van der Waals surface area contributed by atoms with Gasteiger partial charge >= 0.3 is 0 Å². The smallest absolute Gasteiger partial charge is 0.265 e. The molecule has 2 aromatic rings. The Morgan fingerprint density at radius 1 is 0.700 bits per heavy atom. The van der Waals surface area contributed by atoms with Crippen molar-refractivity contribution < 1.29 is 26.3 Å². The summed E-state index contributed by atoms with van der Waals surface area (Å²) in [6.45, 7) is 8.73. The van der Waals surface area contributed by atoms with Crippen LogP contribution in [0.4, 0.5) is 0 Å². The Bertz CT molecular complexity index is 1030. The first kappa shape index (κ1) is 25.0. The maximum absolute atomic E-state index is 12.1. The molecule has 10 heteroatoms. The third-order valence-corrected chi connectivity index (χ3v) is 7.08. The van der Waals surface area contributed by atoms with E-state index in [0.29, 0.717) is 35.8 Å². The minimum Gasteiger partial charge on any atom is -0.492 e. The van der Waals surface area contributed by atoms with Gasteiger partial charge in [0.25, 0.3) is 18.1 Å². The Labute approximate surface area is 187 Å². The lowest BCUT2D eigenvalue weighted by molar-refractivity contribution is 0.282. The van der Waals surface area contributed by atoms with Crippen LogP contribution in [0.2, 0.25) is 0 Å².